The molecule has 2 heterocycles. The van der Waals surface area contributed by atoms with Gasteiger partial charge >= 0.3 is 0 Å². The molecule has 6 nitrogen and oxygen atoms in total. The van der Waals surface area contributed by atoms with Crippen LogP contribution < -0.4 is 0 Å². The second-order valence-electron chi connectivity index (χ2n) is 4.71. The van der Waals surface area contributed by atoms with Crippen molar-refractivity contribution in [2.45, 2.75) is 26.9 Å². The summed E-state index contributed by atoms with van der Waals surface area (Å²) in [7, 11) is 3.51. The summed E-state index contributed by atoms with van der Waals surface area (Å²) in [5, 5.41) is 8.94. The normalized spacial score (nSPS) is 10.8. The third-order valence-corrected chi connectivity index (χ3v) is 3.47. The van der Waals surface area contributed by atoms with Crippen LogP contribution in [0.2, 0.25) is 5.02 Å². The maximum Gasteiger partial charge on any atom is 0.272 e. The number of aromatic nitrogens is 4. The number of hydrogen-bond acceptors (Lipinski definition) is 3. The largest absolute Gasteiger partial charge is 0.334 e. The minimum Gasteiger partial charge on any atom is -0.334 e. The highest BCUT2D eigenvalue weighted by Crippen LogP contribution is 2.17. The molecular weight excluding hydrogens is 278 g/mol. The molecule has 0 bridgehead atoms. The first kappa shape index (κ1) is 14.6. The van der Waals surface area contributed by atoms with Crippen LogP contribution in [0.15, 0.2) is 12.3 Å². The van der Waals surface area contributed by atoms with E-state index < -0.39 is 0 Å². The van der Waals surface area contributed by atoms with E-state index in [4.69, 9.17) is 11.6 Å². The molecule has 2 aromatic heterocycles. The van der Waals surface area contributed by atoms with Crippen LogP contribution in [0, 0.1) is 6.92 Å². The van der Waals surface area contributed by atoms with E-state index >= 15 is 0 Å². The van der Waals surface area contributed by atoms with Crippen LogP contribution in [0.3, 0.4) is 0 Å². The third-order valence-electron chi connectivity index (χ3n) is 3.15. The molecule has 0 atom stereocenters. The lowest BCUT2D eigenvalue weighted by atomic mass is 10.3. The highest BCUT2D eigenvalue weighted by molar-refractivity contribution is 6.31. The lowest BCUT2D eigenvalue weighted by molar-refractivity contribution is 0.0770. The molecule has 0 radical (unpaired) electrons. The Morgan fingerprint density at radius 3 is 2.75 bits per heavy atom. The molecule has 1 amide bonds. The zero-order valence-corrected chi connectivity index (χ0v) is 12.8. The molecule has 0 saturated carbocycles. The molecule has 0 N–H and O–H groups in total. The maximum atomic E-state index is 12.4. The second-order valence-corrected chi connectivity index (χ2v) is 5.12. The second kappa shape index (κ2) is 5.66. The van der Waals surface area contributed by atoms with E-state index in [0.717, 1.165) is 17.9 Å². The van der Waals surface area contributed by atoms with E-state index in [9.17, 15) is 4.79 Å². The van der Waals surface area contributed by atoms with Gasteiger partial charge in [0.25, 0.3) is 5.91 Å². The van der Waals surface area contributed by atoms with Gasteiger partial charge in [-0.15, -0.1) is 0 Å². The molecule has 20 heavy (non-hydrogen) atoms. The van der Waals surface area contributed by atoms with Crippen LogP contribution in [-0.2, 0) is 20.1 Å². The third kappa shape index (κ3) is 2.70. The van der Waals surface area contributed by atoms with Crippen molar-refractivity contribution in [1.82, 2.24) is 24.5 Å². The molecular formula is C13H18ClN5O. The Morgan fingerprint density at radius 2 is 2.20 bits per heavy atom. The molecule has 0 unspecified atom stereocenters. The topological polar surface area (TPSA) is 56.0 Å². The summed E-state index contributed by atoms with van der Waals surface area (Å²) in [6.07, 6.45) is 1.60. The van der Waals surface area contributed by atoms with Gasteiger partial charge in [-0.3, -0.25) is 14.2 Å². The molecule has 2 aromatic rings. The number of aryl methyl sites for hydroxylation is 3. The number of carbonyl (C=O) groups excluding carboxylic acids is 1. The van der Waals surface area contributed by atoms with Gasteiger partial charge in [0.1, 0.15) is 5.69 Å². The van der Waals surface area contributed by atoms with Gasteiger partial charge in [-0.2, -0.15) is 10.2 Å². The molecule has 0 aliphatic carbocycles. The quantitative estimate of drug-likeness (QED) is 0.865. The summed E-state index contributed by atoms with van der Waals surface area (Å²) in [5.74, 6) is -0.0898. The predicted molar refractivity (Wildman–Crippen MR) is 76.7 cm³/mol. The fourth-order valence-electron chi connectivity index (χ4n) is 2.12. The van der Waals surface area contributed by atoms with E-state index in [2.05, 4.69) is 10.2 Å². The van der Waals surface area contributed by atoms with Crippen molar-refractivity contribution in [2.24, 2.45) is 7.05 Å². The summed E-state index contributed by atoms with van der Waals surface area (Å²) in [6, 6.07) is 1.78. The first-order valence-corrected chi connectivity index (χ1v) is 6.78. The van der Waals surface area contributed by atoms with E-state index in [1.165, 1.54) is 0 Å². The number of hydrogen-bond donors (Lipinski definition) is 0. The Hall–Kier alpha value is -1.82. The average molecular weight is 296 g/mol. The molecule has 2 rings (SSSR count). The lowest BCUT2D eigenvalue weighted by Crippen LogP contribution is -2.29. The lowest BCUT2D eigenvalue weighted by Gasteiger charge is -2.18. The zero-order valence-electron chi connectivity index (χ0n) is 12.1. The molecule has 108 valence electrons. The van der Waals surface area contributed by atoms with Gasteiger partial charge in [-0.25, -0.2) is 0 Å². The van der Waals surface area contributed by atoms with Gasteiger partial charge in [-0.05, 0) is 19.9 Å². The standard InChI is InChI=1S/C13H18ClN5O/c1-5-19-12(10(14)7-15-19)8-17(3)13(20)11-6-9(2)16-18(11)4/h6-7H,5,8H2,1-4H3. The summed E-state index contributed by atoms with van der Waals surface area (Å²) in [5.41, 5.74) is 2.22. The molecule has 0 aliphatic rings. The highest BCUT2D eigenvalue weighted by atomic mass is 35.5. The Kier molecular flexibility index (Phi) is 4.13. The van der Waals surface area contributed by atoms with E-state index in [0.29, 0.717) is 17.3 Å². The summed E-state index contributed by atoms with van der Waals surface area (Å²) < 4.78 is 3.38. The fraction of sp³-hybridized carbons (Fsp3) is 0.462. The van der Waals surface area contributed by atoms with Crippen LogP contribution in [0.4, 0.5) is 0 Å². The van der Waals surface area contributed by atoms with Gasteiger partial charge in [0, 0.05) is 20.6 Å². The summed E-state index contributed by atoms with van der Waals surface area (Å²) >= 11 is 6.12. The number of halogens is 1. The monoisotopic (exact) mass is 295 g/mol. The Bertz CT molecular complexity index is 631. The molecule has 0 fully saturated rings. The summed E-state index contributed by atoms with van der Waals surface area (Å²) in [4.78, 5) is 14.0. The van der Waals surface area contributed by atoms with Crippen LogP contribution in [-0.4, -0.2) is 37.4 Å². The minimum atomic E-state index is -0.0898. The maximum absolute atomic E-state index is 12.4. The number of carbonyl (C=O) groups is 1. The SMILES string of the molecule is CCn1ncc(Cl)c1CN(C)C(=O)c1cc(C)nn1C. The molecule has 0 aromatic carbocycles. The van der Waals surface area contributed by atoms with Crippen molar-refractivity contribution in [3.63, 3.8) is 0 Å². The smallest absolute Gasteiger partial charge is 0.272 e. The Morgan fingerprint density at radius 1 is 1.50 bits per heavy atom. The van der Waals surface area contributed by atoms with Crippen LogP contribution in [0.5, 0.6) is 0 Å². The van der Waals surface area contributed by atoms with Crippen LogP contribution in [0.25, 0.3) is 0 Å². The zero-order chi connectivity index (χ0) is 14.9. The van der Waals surface area contributed by atoms with Gasteiger partial charge < -0.3 is 4.90 Å². The van der Waals surface area contributed by atoms with Gasteiger partial charge in [-0.1, -0.05) is 11.6 Å². The van der Waals surface area contributed by atoms with E-state index in [1.54, 1.807) is 40.6 Å². The van der Waals surface area contributed by atoms with Crippen molar-refractivity contribution in [3.8, 4) is 0 Å². The van der Waals surface area contributed by atoms with Gasteiger partial charge in [0.2, 0.25) is 0 Å². The minimum absolute atomic E-state index is 0.0898. The van der Waals surface area contributed by atoms with Gasteiger partial charge in [0.15, 0.2) is 0 Å². The number of nitrogens with zero attached hydrogens (tertiary/aromatic N) is 5. The fourth-order valence-corrected chi connectivity index (χ4v) is 2.32. The molecule has 7 heteroatoms. The first-order chi connectivity index (χ1) is 9.43. The van der Waals surface area contributed by atoms with E-state index in [1.807, 2.05) is 13.8 Å². The van der Waals surface area contributed by atoms with Crippen molar-refractivity contribution < 1.29 is 4.79 Å². The van der Waals surface area contributed by atoms with Gasteiger partial charge in [0.05, 0.1) is 29.2 Å². The molecule has 0 saturated heterocycles. The van der Waals surface area contributed by atoms with E-state index in [-0.39, 0.29) is 5.91 Å². The van der Waals surface area contributed by atoms with Crippen molar-refractivity contribution in [1.29, 1.82) is 0 Å². The first-order valence-electron chi connectivity index (χ1n) is 6.40. The number of rotatable bonds is 4. The Labute approximate surface area is 122 Å². The molecule has 0 spiro atoms. The average Bonchev–Trinajstić information content (AvgIpc) is 2.92. The van der Waals surface area contributed by atoms with Crippen molar-refractivity contribution >= 4 is 17.5 Å². The molecule has 0 aliphatic heterocycles. The van der Waals surface area contributed by atoms with Crippen LogP contribution in [0.1, 0.15) is 28.8 Å². The summed E-state index contributed by atoms with van der Waals surface area (Å²) in [6.45, 7) is 4.98. The number of amides is 1. The predicted octanol–water partition coefficient (Wildman–Crippen LogP) is 1.87. The van der Waals surface area contributed by atoms with Crippen molar-refractivity contribution in [3.05, 3.63) is 34.4 Å². The highest BCUT2D eigenvalue weighted by Gasteiger charge is 2.19. The van der Waals surface area contributed by atoms with Crippen molar-refractivity contribution in [2.75, 3.05) is 7.05 Å². The Balaban J connectivity index is 2.19. The van der Waals surface area contributed by atoms with Crippen LogP contribution >= 0.6 is 11.6 Å².